The maximum atomic E-state index is 8.88. The Morgan fingerprint density at radius 1 is 0.750 bits per heavy atom. The van der Waals surface area contributed by atoms with Gasteiger partial charge in [-0.3, -0.25) is 0 Å². The van der Waals surface area contributed by atoms with E-state index in [-0.39, 0.29) is 214 Å². The molecule has 12 heteroatoms. The van der Waals surface area contributed by atoms with E-state index < -0.39 is 7.82 Å². The second-order valence-electron chi connectivity index (χ2n) is 0.513. The Bertz CT molecular complexity index is 83.9. The van der Waals surface area contributed by atoms with Gasteiger partial charge in [0.1, 0.15) is 0 Å². The summed E-state index contributed by atoms with van der Waals surface area (Å²) in [5.41, 5.74) is 0. The third-order valence-corrected chi connectivity index (χ3v) is 0. The Kier molecular flexibility index (Phi) is 131. The van der Waals surface area contributed by atoms with E-state index in [0.717, 1.165) is 0 Å². The van der Waals surface area contributed by atoms with Gasteiger partial charge in [-0.05, 0) is 0 Å². The van der Waals surface area contributed by atoms with Gasteiger partial charge in [0.15, 0.2) is 0 Å². The predicted molar refractivity (Wildman–Crippen MR) is 61.4 cm³/mol. The normalized spacial score (nSPS) is 4.92. The molecule has 0 aliphatic heterocycles. The van der Waals surface area contributed by atoms with Crippen LogP contribution in [-0.4, -0.2) is 214 Å². The van der Waals surface area contributed by atoms with Crippen molar-refractivity contribution in [3.05, 3.63) is 0 Å². The molecule has 0 aromatic carbocycles. The standard InChI is InChI=1S/5Ca.H3O4P.2H2O.10H/c;;;;;1-5(2,3)4;;;;;;;;;;;;/h;;;;;(H3,1,2,3,4);2*1H2;;;;;;;;;;/q5*+2;;;;10*-1. The number of phosphoric acid groups is 1. The van der Waals surface area contributed by atoms with Crippen LogP contribution >= 0.6 is 7.82 Å². The molecule has 0 bridgehead atoms. The van der Waals surface area contributed by atoms with Gasteiger partial charge in [-0.1, -0.05) is 0 Å². The van der Waals surface area contributed by atoms with Crippen molar-refractivity contribution in [1.29, 1.82) is 0 Å². The van der Waals surface area contributed by atoms with Crippen molar-refractivity contribution in [3.8, 4) is 0 Å². The molecule has 0 spiro atoms. The quantitative estimate of drug-likeness (QED) is 0.312. The molecule has 0 heterocycles. The van der Waals surface area contributed by atoms with Crippen LogP contribution in [0.2, 0.25) is 0 Å². The zero-order valence-corrected chi connectivity index (χ0v) is 18.7. The zero-order valence-electron chi connectivity index (χ0n) is 16.7. The van der Waals surface area contributed by atoms with Crippen LogP contribution in [0, 0.1) is 0 Å². The van der Waals surface area contributed by atoms with Gasteiger partial charge in [-0.25, -0.2) is 4.57 Å². The van der Waals surface area contributed by atoms with Crippen LogP contribution < -0.4 is 0 Å². The smallest absolute Gasteiger partial charge is 1.00 e. The fourth-order valence-electron chi connectivity index (χ4n) is 0. The molecule has 0 fully saturated rings. The summed E-state index contributed by atoms with van der Waals surface area (Å²) in [5.74, 6) is 0. The summed E-state index contributed by atoms with van der Waals surface area (Å²) in [5, 5.41) is 0. The number of rotatable bonds is 0. The van der Waals surface area contributed by atoms with Crippen LogP contribution in [0.1, 0.15) is 14.3 Å². The first kappa shape index (κ1) is 51.6. The maximum absolute atomic E-state index is 8.88. The summed E-state index contributed by atoms with van der Waals surface area (Å²) < 4.78 is 8.88. The summed E-state index contributed by atoms with van der Waals surface area (Å²) in [6.07, 6.45) is 0. The predicted octanol–water partition coefficient (Wildman–Crippen LogP) is -3.36. The molecule has 12 heavy (non-hydrogen) atoms. The van der Waals surface area contributed by atoms with Gasteiger partial charge in [0, 0.05) is 0 Å². The van der Waals surface area contributed by atoms with Crippen molar-refractivity contribution in [2.75, 3.05) is 0 Å². The van der Waals surface area contributed by atoms with Crippen molar-refractivity contribution >= 4 is 197 Å². The second kappa shape index (κ2) is 30.4. The Morgan fingerprint density at radius 2 is 0.750 bits per heavy atom. The van der Waals surface area contributed by atoms with Gasteiger partial charge in [-0.2, -0.15) is 0 Å². The number of hydrogen-bond donors (Lipinski definition) is 3. The third-order valence-electron chi connectivity index (χ3n) is 0. The van der Waals surface area contributed by atoms with Crippen molar-refractivity contribution in [2.45, 2.75) is 0 Å². The average Bonchev–Trinajstić information content (AvgIpc) is 0.722. The van der Waals surface area contributed by atoms with E-state index in [1.165, 1.54) is 0 Å². The van der Waals surface area contributed by atoms with E-state index >= 15 is 0 Å². The van der Waals surface area contributed by atoms with E-state index in [2.05, 4.69) is 0 Å². The topological polar surface area (TPSA) is 141 Å². The Hall–Kier alpha value is 6.33. The maximum Gasteiger partial charge on any atom is 2.00 e. The number of hydrogen-bond acceptors (Lipinski definition) is 1. The van der Waals surface area contributed by atoms with Gasteiger partial charge in [0.25, 0.3) is 0 Å². The Morgan fingerprint density at radius 3 is 0.750 bits per heavy atom. The first-order chi connectivity index (χ1) is 2.00. The van der Waals surface area contributed by atoms with Crippen molar-refractivity contribution < 1.29 is 44.5 Å². The molecule has 0 radical (unpaired) electrons. The molecule has 0 atom stereocenters. The van der Waals surface area contributed by atoms with Crippen LogP contribution in [0.5, 0.6) is 0 Å². The van der Waals surface area contributed by atoms with E-state index in [0.29, 0.717) is 0 Å². The SMILES string of the molecule is O.O.O=P(O)(O)O.[Ca+2].[Ca+2].[Ca+2].[Ca+2].[Ca+2].[H-].[H-].[H-].[H-].[H-].[H-].[H-].[H-].[H-].[H-]. The van der Waals surface area contributed by atoms with Gasteiger partial charge in [0.05, 0.1) is 0 Å². The zero-order chi connectivity index (χ0) is 4.50. The van der Waals surface area contributed by atoms with Gasteiger partial charge >= 0.3 is 197 Å². The summed E-state index contributed by atoms with van der Waals surface area (Å²) in [6.45, 7) is 0. The van der Waals surface area contributed by atoms with Crippen LogP contribution in [-0.2, 0) is 4.57 Å². The Labute approximate surface area is 235 Å². The summed E-state index contributed by atoms with van der Waals surface area (Å²) in [7, 11) is -4.64. The molecule has 7 N–H and O–H groups in total. The third kappa shape index (κ3) is 95.8. The minimum absolute atomic E-state index is 0. The van der Waals surface area contributed by atoms with Crippen molar-refractivity contribution in [2.24, 2.45) is 0 Å². The van der Waals surface area contributed by atoms with Gasteiger partial charge in [-0.15, -0.1) is 0 Å². The molecule has 6 nitrogen and oxygen atoms in total. The molecular weight excluding hydrogens is 327 g/mol. The molecule has 0 amide bonds. The summed E-state index contributed by atoms with van der Waals surface area (Å²) in [4.78, 5) is 21.6. The van der Waals surface area contributed by atoms with E-state index in [9.17, 15) is 0 Å². The van der Waals surface area contributed by atoms with Gasteiger partial charge in [0.2, 0.25) is 0 Å². The minimum Gasteiger partial charge on any atom is -1.00 e. The van der Waals surface area contributed by atoms with Crippen molar-refractivity contribution in [1.82, 2.24) is 0 Å². The fourth-order valence-corrected chi connectivity index (χ4v) is 0. The fraction of sp³-hybridized carbons (Fsp3) is 0. The monoisotopic (exact) mass is 344 g/mol. The summed E-state index contributed by atoms with van der Waals surface area (Å²) in [6, 6.07) is 0. The molecular formula is H17Ca5O6P. The minimum atomic E-state index is -4.64. The molecule has 0 aromatic rings. The second-order valence-corrected chi connectivity index (χ2v) is 1.54. The molecule has 0 unspecified atom stereocenters. The largest absolute Gasteiger partial charge is 2.00 e. The molecule has 0 saturated heterocycles. The van der Waals surface area contributed by atoms with Crippen molar-refractivity contribution in [3.63, 3.8) is 0 Å². The first-order valence-electron chi connectivity index (χ1n) is 0.783. The van der Waals surface area contributed by atoms with Crippen LogP contribution in [0.3, 0.4) is 0 Å². The molecule has 0 aliphatic carbocycles. The van der Waals surface area contributed by atoms with Crippen LogP contribution in [0.15, 0.2) is 0 Å². The summed E-state index contributed by atoms with van der Waals surface area (Å²) >= 11 is 0. The Balaban J connectivity index is -0.000000000588. The molecule has 0 rings (SSSR count). The van der Waals surface area contributed by atoms with E-state index in [1.807, 2.05) is 0 Å². The van der Waals surface area contributed by atoms with E-state index in [1.54, 1.807) is 0 Å². The van der Waals surface area contributed by atoms with Crippen LogP contribution in [0.4, 0.5) is 0 Å². The molecule has 0 aliphatic rings. The van der Waals surface area contributed by atoms with Crippen LogP contribution in [0.25, 0.3) is 0 Å². The molecule has 68 valence electrons. The first-order valence-corrected chi connectivity index (χ1v) is 2.35. The average molecular weight is 344 g/mol. The molecule has 0 saturated carbocycles. The van der Waals surface area contributed by atoms with E-state index in [4.69, 9.17) is 19.2 Å². The molecule has 0 aromatic heterocycles. The van der Waals surface area contributed by atoms with Gasteiger partial charge < -0.3 is 39.9 Å².